The van der Waals surface area contributed by atoms with Gasteiger partial charge in [0.15, 0.2) is 0 Å². The van der Waals surface area contributed by atoms with Gasteiger partial charge in [-0.05, 0) is 58.0 Å². The first-order valence-electron chi connectivity index (χ1n) is 7.39. The van der Waals surface area contributed by atoms with E-state index in [0.29, 0.717) is 12.8 Å². The molecule has 2 aliphatic rings. The van der Waals surface area contributed by atoms with Crippen LogP contribution in [-0.4, -0.2) is 18.3 Å². The lowest BCUT2D eigenvalue weighted by atomic mass is 9.72. The van der Waals surface area contributed by atoms with Crippen LogP contribution in [0, 0.1) is 0 Å². The van der Waals surface area contributed by atoms with Gasteiger partial charge in [-0.25, -0.2) is 4.39 Å². The molecule has 108 valence electrons. The van der Waals surface area contributed by atoms with Crippen molar-refractivity contribution in [1.82, 2.24) is 0 Å². The van der Waals surface area contributed by atoms with Crippen LogP contribution in [0.1, 0.15) is 52.5 Å². The summed E-state index contributed by atoms with van der Waals surface area (Å²) in [4.78, 5) is 0. The SMILES string of the molecule is CC1(C)OB(c2cccc(C3(F)CCC3)c2)OC1(C)C. The highest BCUT2D eigenvalue weighted by Gasteiger charge is 2.52. The van der Waals surface area contributed by atoms with Gasteiger partial charge < -0.3 is 9.31 Å². The van der Waals surface area contributed by atoms with E-state index in [-0.39, 0.29) is 11.2 Å². The zero-order valence-electron chi connectivity index (χ0n) is 12.7. The summed E-state index contributed by atoms with van der Waals surface area (Å²) in [6.07, 6.45) is 2.22. The maximum atomic E-state index is 14.5. The Balaban J connectivity index is 1.87. The van der Waals surface area contributed by atoms with Crippen molar-refractivity contribution in [3.63, 3.8) is 0 Å². The number of hydrogen-bond donors (Lipinski definition) is 0. The molecule has 0 spiro atoms. The Morgan fingerprint density at radius 3 is 2.15 bits per heavy atom. The van der Waals surface area contributed by atoms with E-state index in [0.717, 1.165) is 17.4 Å². The zero-order valence-corrected chi connectivity index (χ0v) is 12.7. The van der Waals surface area contributed by atoms with Crippen molar-refractivity contribution in [2.45, 2.75) is 63.8 Å². The van der Waals surface area contributed by atoms with Gasteiger partial charge in [-0.1, -0.05) is 24.3 Å². The van der Waals surface area contributed by atoms with Gasteiger partial charge >= 0.3 is 7.12 Å². The molecule has 1 aliphatic carbocycles. The second-order valence-electron chi connectivity index (χ2n) is 7.03. The van der Waals surface area contributed by atoms with Crippen molar-refractivity contribution in [1.29, 1.82) is 0 Å². The predicted molar refractivity (Wildman–Crippen MR) is 78.8 cm³/mol. The summed E-state index contributed by atoms with van der Waals surface area (Å²) in [6.45, 7) is 8.11. The second-order valence-corrected chi connectivity index (χ2v) is 7.03. The lowest BCUT2D eigenvalue weighted by Crippen LogP contribution is -2.41. The van der Waals surface area contributed by atoms with Gasteiger partial charge in [0.1, 0.15) is 5.67 Å². The monoisotopic (exact) mass is 276 g/mol. The fourth-order valence-electron chi connectivity index (χ4n) is 2.72. The Kier molecular flexibility index (Phi) is 3.04. The molecule has 0 aromatic heterocycles. The topological polar surface area (TPSA) is 18.5 Å². The van der Waals surface area contributed by atoms with Crippen molar-refractivity contribution < 1.29 is 13.7 Å². The Morgan fingerprint density at radius 2 is 1.65 bits per heavy atom. The van der Waals surface area contributed by atoms with Crippen LogP contribution in [0.2, 0.25) is 0 Å². The van der Waals surface area contributed by atoms with Gasteiger partial charge in [0.2, 0.25) is 0 Å². The van der Waals surface area contributed by atoms with E-state index < -0.39 is 12.8 Å². The first kappa shape index (κ1) is 14.1. The van der Waals surface area contributed by atoms with Crippen molar-refractivity contribution >= 4 is 12.6 Å². The van der Waals surface area contributed by atoms with E-state index in [9.17, 15) is 4.39 Å². The average Bonchev–Trinajstić information content (AvgIpc) is 2.56. The fourth-order valence-corrected chi connectivity index (χ4v) is 2.72. The molecule has 1 aliphatic heterocycles. The number of alkyl halides is 1. The van der Waals surface area contributed by atoms with Crippen molar-refractivity contribution in [3.05, 3.63) is 29.8 Å². The molecule has 3 rings (SSSR count). The first-order valence-corrected chi connectivity index (χ1v) is 7.39. The Labute approximate surface area is 120 Å². The van der Waals surface area contributed by atoms with Crippen LogP contribution >= 0.6 is 0 Å². The molecule has 2 fully saturated rings. The number of halogens is 1. The summed E-state index contributed by atoms with van der Waals surface area (Å²) in [5, 5.41) is 0. The minimum Gasteiger partial charge on any atom is -0.399 e. The van der Waals surface area contributed by atoms with E-state index in [1.165, 1.54) is 0 Å². The van der Waals surface area contributed by atoms with Crippen LogP contribution in [0.15, 0.2) is 24.3 Å². The van der Waals surface area contributed by atoms with Crippen LogP contribution in [0.3, 0.4) is 0 Å². The highest BCUT2D eigenvalue weighted by atomic mass is 19.1. The molecule has 1 saturated heterocycles. The van der Waals surface area contributed by atoms with Crippen molar-refractivity contribution in [2.75, 3.05) is 0 Å². The van der Waals surface area contributed by atoms with Gasteiger partial charge in [0.25, 0.3) is 0 Å². The standard InChI is InChI=1S/C16H22BFO2/c1-14(2)15(3,4)20-17(19-14)13-8-5-7-12(11-13)16(18)9-6-10-16/h5,7-8,11H,6,9-10H2,1-4H3. The molecule has 1 aromatic carbocycles. The minimum atomic E-state index is -1.14. The predicted octanol–water partition coefficient (Wildman–Crippen LogP) is 3.33. The smallest absolute Gasteiger partial charge is 0.399 e. The lowest BCUT2D eigenvalue weighted by Gasteiger charge is -2.34. The minimum absolute atomic E-state index is 0.364. The third-order valence-electron chi connectivity index (χ3n) is 5.08. The molecule has 0 radical (unpaired) electrons. The highest BCUT2D eigenvalue weighted by Crippen LogP contribution is 2.45. The van der Waals surface area contributed by atoms with E-state index in [1.54, 1.807) is 0 Å². The molecule has 0 bridgehead atoms. The molecule has 0 amide bonds. The summed E-state index contributed by atoms with van der Waals surface area (Å²) in [5.41, 5.74) is -0.199. The molecular formula is C16H22BFO2. The molecule has 0 unspecified atom stereocenters. The van der Waals surface area contributed by atoms with E-state index in [1.807, 2.05) is 52.0 Å². The first-order chi connectivity index (χ1) is 9.24. The zero-order chi connectivity index (χ0) is 14.6. The highest BCUT2D eigenvalue weighted by molar-refractivity contribution is 6.62. The third kappa shape index (κ3) is 2.10. The number of rotatable bonds is 2. The largest absolute Gasteiger partial charge is 0.494 e. The number of benzene rings is 1. The van der Waals surface area contributed by atoms with Gasteiger partial charge in [-0.15, -0.1) is 0 Å². The van der Waals surface area contributed by atoms with Gasteiger partial charge in [0, 0.05) is 0 Å². The molecule has 1 aromatic rings. The normalized spacial score (nSPS) is 26.4. The summed E-state index contributed by atoms with van der Waals surface area (Å²) in [6, 6.07) is 7.62. The summed E-state index contributed by atoms with van der Waals surface area (Å²) in [7, 11) is -0.413. The number of hydrogen-bond acceptors (Lipinski definition) is 2. The Hall–Kier alpha value is -0.865. The van der Waals surface area contributed by atoms with E-state index in [2.05, 4.69) is 0 Å². The Bertz CT molecular complexity index is 507. The van der Waals surface area contributed by atoms with Gasteiger partial charge in [-0.3, -0.25) is 0 Å². The molecular weight excluding hydrogens is 254 g/mol. The van der Waals surface area contributed by atoms with E-state index >= 15 is 0 Å². The summed E-state index contributed by atoms with van der Waals surface area (Å²) in [5.74, 6) is 0. The van der Waals surface area contributed by atoms with E-state index in [4.69, 9.17) is 9.31 Å². The van der Waals surface area contributed by atoms with Crippen LogP contribution in [0.5, 0.6) is 0 Å². The average molecular weight is 276 g/mol. The maximum absolute atomic E-state index is 14.5. The molecule has 1 saturated carbocycles. The molecule has 4 heteroatoms. The van der Waals surface area contributed by atoms with Crippen molar-refractivity contribution in [3.8, 4) is 0 Å². The molecule has 1 heterocycles. The quantitative estimate of drug-likeness (QED) is 0.771. The second kappa shape index (κ2) is 4.31. The van der Waals surface area contributed by atoms with Gasteiger partial charge in [0.05, 0.1) is 11.2 Å². The van der Waals surface area contributed by atoms with Crippen LogP contribution in [0.25, 0.3) is 0 Å². The molecule has 2 nitrogen and oxygen atoms in total. The van der Waals surface area contributed by atoms with Gasteiger partial charge in [-0.2, -0.15) is 0 Å². The molecule has 0 atom stereocenters. The molecule has 20 heavy (non-hydrogen) atoms. The molecule has 0 N–H and O–H groups in total. The van der Waals surface area contributed by atoms with Crippen molar-refractivity contribution in [2.24, 2.45) is 0 Å². The van der Waals surface area contributed by atoms with Crippen LogP contribution < -0.4 is 5.46 Å². The maximum Gasteiger partial charge on any atom is 0.494 e. The Morgan fingerprint density at radius 1 is 1.05 bits per heavy atom. The van der Waals surface area contributed by atoms with Crippen LogP contribution in [0.4, 0.5) is 4.39 Å². The van der Waals surface area contributed by atoms with Crippen LogP contribution in [-0.2, 0) is 15.0 Å². The summed E-state index contributed by atoms with van der Waals surface area (Å²) < 4.78 is 26.6. The fraction of sp³-hybridized carbons (Fsp3) is 0.625. The lowest BCUT2D eigenvalue weighted by molar-refractivity contribution is 0.00578. The third-order valence-corrected chi connectivity index (χ3v) is 5.08. The summed E-state index contributed by atoms with van der Waals surface area (Å²) >= 11 is 0.